The van der Waals surface area contributed by atoms with Crippen molar-refractivity contribution in [2.24, 2.45) is 12.8 Å². The second-order valence-corrected chi connectivity index (χ2v) is 3.67. The van der Waals surface area contributed by atoms with Crippen LogP contribution in [0.2, 0.25) is 0 Å². The Labute approximate surface area is 105 Å². The molecule has 10 heteroatoms. The number of aliphatic hydroxyl groups is 1. The zero-order valence-corrected chi connectivity index (χ0v) is 9.73. The summed E-state index contributed by atoms with van der Waals surface area (Å²) in [5.74, 6) is -1.78. The highest BCUT2D eigenvalue weighted by Crippen LogP contribution is 2.19. The van der Waals surface area contributed by atoms with Crippen molar-refractivity contribution in [1.82, 2.24) is 15.1 Å². The van der Waals surface area contributed by atoms with Gasteiger partial charge in [0.2, 0.25) is 0 Å². The number of aryl methyl sites for hydroxylation is 1. The maximum atomic E-state index is 12.0. The Bertz CT molecular complexity index is 497. The molecular weight excluding hydrogens is 269 g/mol. The summed E-state index contributed by atoms with van der Waals surface area (Å²) in [5, 5.41) is 14.2. The first-order valence-electron chi connectivity index (χ1n) is 4.99. The molecule has 1 rings (SSSR count). The molecule has 2 amide bonds. The molecule has 0 bridgehead atoms. The Hall–Kier alpha value is -2.10. The number of aromatic nitrogens is 2. The smallest absolute Gasteiger partial charge is 0.382 e. The number of amides is 2. The lowest BCUT2D eigenvalue weighted by Crippen LogP contribution is -2.41. The van der Waals surface area contributed by atoms with E-state index in [1.54, 1.807) is 0 Å². The Morgan fingerprint density at radius 3 is 2.58 bits per heavy atom. The number of carbonyl (C=O) groups excluding carboxylic acids is 2. The largest absolute Gasteiger partial charge is 0.416 e. The van der Waals surface area contributed by atoms with Crippen molar-refractivity contribution in [1.29, 1.82) is 0 Å². The van der Waals surface area contributed by atoms with E-state index in [9.17, 15) is 22.8 Å². The van der Waals surface area contributed by atoms with E-state index in [1.807, 2.05) is 5.32 Å². The minimum atomic E-state index is -4.82. The lowest BCUT2D eigenvalue weighted by atomic mass is 10.3. The fourth-order valence-corrected chi connectivity index (χ4v) is 1.20. The highest BCUT2D eigenvalue weighted by molar-refractivity contribution is 5.97. The van der Waals surface area contributed by atoms with Crippen LogP contribution in [-0.2, 0) is 7.05 Å². The van der Waals surface area contributed by atoms with Gasteiger partial charge < -0.3 is 16.2 Å². The van der Waals surface area contributed by atoms with Crippen molar-refractivity contribution in [3.8, 4) is 0 Å². The van der Waals surface area contributed by atoms with E-state index in [4.69, 9.17) is 10.8 Å². The number of nitrogens with one attached hydrogen (secondary N) is 1. The maximum Gasteiger partial charge on any atom is 0.416 e. The number of halogens is 3. The lowest BCUT2D eigenvalue weighted by Gasteiger charge is -2.14. The van der Waals surface area contributed by atoms with E-state index < -0.39 is 30.6 Å². The average Bonchev–Trinajstić information content (AvgIpc) is 2.66. The van der Waals surface area contributed by atoms with Crippen molar-refractivity contribution in [3.63, 3.8) is 0 Å². The van der Waals surface area contributed by atoms with Crippen LogP contribution in [0.3, 0.4) is 0 Å². The quantitative estimate of drug-likeness (QED) is 0.668. The highest BCUT2D eigenvalue weighted by atomic mass is 19.4. The van der Waals surface area contributed by atoms with Gasteiger partial charge in [0.1, 0.15) is 5.69 Å². The number of primary amides is 1. The molecule has 0 aromatic carbocycles. The van der Waals surface area contributed by atoms with Crippen molar-refractivity contribution < 1.29 is 27.9 Å². The van der Waals surface area contributed by atoms with E-state index in [0.717, 1.165) is 10.7 Å². The molecule has 0 spiro atoms. The summed E-state index contributed by atoms with van der Waals surface area (Å²) < 4.78 is 37.0. The molecule has 19 heavy (non-hydrogen) atoms. The van der Waals surface area contributed by atoms with Gasteiger partial charge in [-0.05, 0) is 0 Å². The molecule has 0 saturated carbocycles. The van der Waals surface area contributed by atoms with Gasteiger partial charge in [0.25, 0.3) is 11.8 Å². The second-order valence-electron chi connectivity index (χ2n) is 3.67. The number of aliphatic hydroxyl groups excluding tert-OH is 1. The highest BCUT2D eigenvalue weighted by Gasteiger charge is 2.38. The van der Waals surface area contributed by atoms with E-state index in [0.29, 0.717) is 0 Å². The Morgan fingerprint density at radius 1 is 1.58 bits per heavy atom. The molecule has 1 atom stereocenters. The van der Waals surface area contributed by atoms with Crippen LogP contribution in [-0.4, -0.2) is 45.5 Å². The summed E-state index contributed by atoms with van der Waals surface area (Å²) in [6.07, 6.45) is -7.49. The van der Waals surface area contributed by atoms with Crippen LogP contribution in [0.4, 0.5) is 13.2 Å². The predicted molar refractivity (Wildman–Crippen MR) is 56.1 cm³/mol. The standard InChI is InChI=1S/C9H11F3N4O3/c1-16-5(2-4(15-16)7(13)18)8(19)14-3-6(17)9(10,11)12/h2,6,17H,3H2,1H3,(H2,13,18)(H,14,19). The molecule has 1 heterocycles. The molecule has 0 aliphatic heterocycles. The third kappa shape index (κ3) is 3.68. The number of hydrogen-bond acceptors (Lipinski definition) is 4. The van der Waals surface area contributed by atoms with Gasteiger partial charge in [-0.2, -0.15) is 18.3 Å². The first kappa shape index (κ1) is 15.0. The van der Waals surface area contributed by atoms with Gasteiger partial charge in [-0.15, -0.1) is 0 Å². The second kappa shape index (κ2) is 5.26. The molecule has 0 aliphatic rings. The zero-order valence-electron chi connectivity index (χ0n) is 9.73. The maximum absolute atomic E-state index is 12.0. The van der Waals surface area contributed by atoms with Crippen molar-refractivity contribution in [2.75, 3.05) is 6.54 Å². The number of rotatable bonds is 4. The molecule has 0 saturated heterocycles. The van der Waals surface area contributed by atoms with Crippen LogP contribution in [0.1, 0.15) is 21.0 Å². The molecule has 106 valence electrons. The molecule has 4 N–H and O–H groups in total. The number of nitrogens with two attached hydrogens (primary N) is 1. The summed E-state index contributed by atoms with van der Waals surface area (Å²) in [6, 6.07) is 1.04. The van der Waals surface area contributed by atoms with Crippen LogP contribution in [0, 0.1) is 0 Å². The number of alkyl halides is 3. The number of carbonyl (C=O) groups is 2. The summed E-state index contributed by atoms with van der Waals surface area (Å²) in [5.41, 5.74) is 4.60. The van der Waals surface area contributed by atoms with Crippen LogP contribution >= 0.6 is 0 Å². The van der Waals surface area contributed by atoms with E-state index in [1.165, 1.54) is 7.05 Å². The van der Waals surface area contributed by atoms with Crippen molar-refractivity contribution in [2.45, 2.75) is 12.3 Å². The fourth-order valence-electron chi connectivity index (χ4n) is 1.20. The normalized spacial score (nSPS) is 13.1. The first-order valence-corrected chi connectivity index (χ1v) is 4.99. The predicted octanol–water partition coefficient (Wildman–Crippen LogP) is -0.828. The SMILES string of the molecule is Cn1nc(C(N)=O)cc1C(=O)NCC(O)C(F)(F)F. The summed E-state index contributed by atoms with van der Waals surface area (Å²) in [4.78, 5) is 22.3. The average molecular weight is 280 g/mol. The van der Waals surface area contributed by atoms with Crippen LogP contribution in [0.15, 0.2) is 6.07 Å². The van der Waals surface area contributed by atoms with Gasteiger partial charge in [-0.25, -0.2) is 0 Å². The minimum absolute atomic E-state index is 0.150. The number of hydrogen-bond donors (Lipinski definition) is 3. The number of nitrogens with zero attached hydrogens (tertiary/aromatic N) is 2. The van der Waals surface area contributed by atoms with Gasteiger partial charge in [-0.1, -0.05) is 0 Å². The monoisotopic (exact) mass is 280 g/mol. The molecule has 1 aromatic rings. The van der Waals surface area contributed by atoms with E-state index in [2.05, 4.69) is 5.10 Å². The van der Waals surface area contributed by atoms with Gasteiger partial charge in [0.05, 0.1) is 6.54 Å². The van der Waals surface area contributed by atoms with E-state index in [-0.39, 0.29) is 11.4 Å². The third-order valence-electron chi connectivity index (χ3n) is 2.20. The molecular formula is C9H11F3N4O3. The van der Waals surface area contributed by atoms with Crippen LogP contribution in [0.25, 0.3) is 0 Å². The molecule has 0 radical (unpaired) electrons. The van der Waals surface area contributed by atoms with Crippen molar-refractivity contribution >= 4 is 11.8 Å². The minimum Gasteiger partial charge on any atom is -0.382 e. The Kier molecular flexibility index (Phi) is 4.14. The lowest BCUT2D eigenvalue weighted by molar-refractivity contribution is -0.201. The van der Waals surface area contributed by atoms with E-state index >= 15 is 0 Å². The Balaban J connectivity index is 2.72. The fraction of sp³-hybridized carbons (Fsp3) is 0.444. The van der Waals surface area contributed by atoms with Crippen LogP contribution in [0.5, 0.6) is 0 Å². The van der Waals surface area contributed by atoms with Gasteiger partial charge in [0.15, 0.2) is 11.8 Å². The van der Waals surface area contributed by atoms with Gasteiger partial charge in [0, 0.05) is 13.1 Å². The molecule has 7 nitrogen and oxygen atoms in total. The molecule has 0 aliphatic carbocycles. The molecule has 1 unspecified atom stereocenters. The first-order chi connectivity index (χ1) is 8.62. The summed E-state index contributed by atoms with van der Waals surface area (Å²) in [6.45, 7) is -1.00. The summed E-state index contributed by atoms with van der Waals surface area (Å²) >= 11 is 0. The van der Waals surface area contributed by atoms with Gasteiger partial charge >= 0.3 is 6.18 Å². The third-order valence-corrected chi connectivity index (χ3v) is 2.20. The zero-order chi connectivity index (χ0) is 14.8. The Morgan fingerprint density at radius 2 is 2.16 bits per heavy atom. The molecule has 1 aromatic heterocycles. The van der Waals surface area contributed by atoms with Crippen LogP contribution < -0.4 is 11.1 Å². The molecule has 0 fully saturated rings. The van der Waals surface area contributed by atoms with Gasteiger partial charge in [-0.3, -0.25) is 14.3 Å². The topological polar surface area (TPSA) is 110 Å². The van der Waals surface area contributed by atoms with Crippen molar-refractivity contribution in [3.05, 3.63) is 17.5 Å². The summed E-state index contributed by atoms with van der Waals surface area (Å²) in [7, 11) is 1.32.